The van der Waals surface area contributed by atoms with Crippen LogP contribution in [0.2, 0.25) is 0 Å². The molecule has 3 nitrogen and oxygen atoms in total. The maximum atomic E-state index is 11.6. The molecular weight excluding hydrogens is 246 g/mol. The average Bonchev–Trinajstić information content (AvgIpc) is 2.68. The molecule has 2 rings (SSSR count). The van der Waals surface area contributed by atoms with E-state index in [9.17, 15) is 8.42 Å². The number of aryl methyl sites for hydroxylation is 1. The highest BCUT2D eigenvalue weighted by molar-refractivity contribution is 7.91. The number of rotatable bonds is 4. The first-order chi connectivity index (χ1) is 8.52. The fourth-order valence-electron chi connectivity index (χ4n) is 2.64. The Kier molecular flexibility index (Phi) is 4.07. The van der Waals surface area contributed by atoms with Crippen molar-refractivity contribution in [2.75, 3.05) is 18.1 Å². The van der Waals surface area contributed by atoms with Crippen LogP contribution in [0.15, 0.2) is 24.3 Å². The Labute approximate surface area is 110 Å². The van der Waals surface area contributed by atoms with E-state index in [2.05, 4.69) is 43.4 Å². The minimum Gasteiger partial charge on any atom is -0.310 e. The predicted octanol–water partition coefficient (Wildman–Crippen LogP) is 2.08. The summed E-state index contributed by atoms with van der Waals surface area (Å²) in [5.41, 5.74) is 2.43. The summed E-state index contributed by atoms with van der Waals surface area (Å²) in [6.45, 7) is 4.98. The molecule has 0 bridgehead atoms. The van der Waals surface area contributed by atoms with E-state index >= 15 is 0 Å². The van der Waals surface area contributed by atoms with Crippen molar-refractivity contribution in [3.05, 3.63) is 35.4 Å². The molecule has 0 saturated carbocycles. The number of hydrogen-bond acceptors (Lipinski definition) is 3. The van der Waals surface area contributed by atoms with Crippen molar-refractivity contribution < 1.29 is 8.42 Å². The molecule has 0 radical (unpaired) electrons. The third kappa shape index (κ3) is 3.12. The van der Waals surface area contributed by atoms with Gasteiger partial charge in [0.15, 0.2) is 9.84 Å². The quantitative estimate of drug-likeness (QED) is 0.908. The fourth-order valence-corrected chi connectivity index (χ4v) is 4.48. The first-order valence-electron chi connectivity index (χ1n) is 6.52. The van der Waals surface area contributed by atoms with Crippen molar-refractivity contribution in [3.63, 3.8) is 0 Å². The Morgan fingerprint density at radius 3 is 2.50 bits per heavy atom. The molecule has 18 heavy (non-hydrogen) atoms. The Hall–Kier alpha value is -0.870. The van der Waals surface area contributed by atoms with Crippen LogP contribution in [0, 0.1) is 12.8 Å². The standard InChI is InChI=1S/C14H21NO2S/c1-3-15-14(12-6-4-11(2)5-7-12)13-8-9-18(16,17)10-13/h4-7,13-15H,3,8-10H2,1-2H3. The highest BCUT2D eigenvalue weighted by atomic mass is 32.2. The second-order valence-electron chi connectivity index (χ2n) is 5.11. The van der Waals surface area contributed by atoms with Crippen LogP contribution in [0.5, 0.6) is 0 Å². The van der Waals surface area contributed by atoms with Gasteiger partial charge in [-0.1, -0.05) is 36.8 Å². The summed E-state index contributed by atoms with van der Waals surface area (Å²) in [6.07, 6.45) is 0.772. The third-order valence-electron chi connectivity index (χ3n) is 3.60. The minimum absolute atomic E-state index is 0.160. The first kappa shape index (κ1) is 13.6. The first-order valence-corrected chi connectivity index (χ1v) is 8.34. The van der Waals surface area contributed by atoms with Gasteiger partial charge in [0.25, 0.3) is 0 Å². The maximum absolute atomic E-state index is 11.6. The van der Waals surface area contributed by atoms with E-state index in [0.717, 1.165) is 13.0 Å². The largest absolute Gasteiger partial charge is 0.310 e. The molecule has 1 heterocycles. The van der Waals surface area contributed by atoms with Crippen LogP contribution in [-0.4, -0.2) is 26.5 Å². The van der Waals surface area contributed by atoms with E-state index in [4.69, 9.17) is 0 Å². The van der Waals surface area contributed by atoms with Gasteiger partial charge in [-0.2, -0.15) is 0 Å². The summed E-state index contributed by atoms with van der Waals surface area (Å²) in [4.78, 5) is 0. The van der Waals surface area contributed by atoms with Crippen LogP contribution in [0.25, 0.3) is 0 Å². The smallest absolute Gasteiger partial charge is 0.150 e. The summed E-state index contributed by atoms with van der Waals surface area (Å²) in [5, 5.41) is 3.43. The van der Waals surface area contributed by atoms with E-state index < -0.39 is 9.84 Å². The maximum Gasteiger partial charge on any atom is 0.150 e. The SMILES string of the molecule is CCNC(c1ccc(C)cc1)C1CCS(=O)(=O)C1. The van der Waals surface area contributed by atoms with Gasteiger partial charge in [-0.05, 0) is 31.4 Å². The molecule has 1 saturated heterocycles. The minimum atomic E-state index is -2.81. The molecule has 2 atom stereocenters. The van der Waals surface area contributed by atoms with Crippen molar-refractivity contribution in [1.29, 1.82) is 0 Å². The zero-order valence-electron chi connectivity index (χ0n) is 11.0. The Balaban J connectivity index is 2.21. The molecule has 4 heteroatoms. The summed E-state index contributed by atoms with van der Waals surface area (Å²) in [7, 11) is -2.81. The van der Waals surface area contributed by atoms with Crippen molar-refractivity contribution >= 4 is 9.84 Å². The lowest BCUT2D eigenvalue weighted by atomic mass is 9.92. The molecule has 0 spiro atoms. The lowest BCUT2D eigenvalue weighted by molar-refractivity contribution is 0.400. The molecular formula is C14H21NO2S. The highest BCUT2D eigenvalue weighted by Gasteiger charge is 2.33. The van der Waals surface area contributed by atoms with Gasteiger partial charge in [0.1, 0.15) is 0 Å². The molecule has 2 unspecified atom stereocenters. The van der Waals surface area contributed by atoms with E-state index in [1.54, 1.807) is 0 Å². The highest BCUT2D eigenvalue weighted by Crippen LogP contribution is 2.31. The van der Waals surface area contributed by atoms with Gasteiger partial charge in [-0.15, -0.1) is 0 Å². The number of benzene rings is 1. The molecule has 1 N–H and O–H groups in total. The molecule has 0 amide bonds. The van der Waals surface area contributed by atoms with Crippen molar-refractivity contribution in [2.45, 2.75) is 26.3 Å². The van der Waals surface area contributed by atoms with Crippen LogP contribution in [0.4, 0.5) is 0 Å². The molecule has 1 fully saturated rings. The number of nitrogens with one attached hydrogen (secondary N) is 1. The topological polar surface area (TPSA) is 46.2 Å². The molecule has 0 aromatic heterocycles. The fraction of sp³-hybridized carbons (Fsp3) is 0.571. The molecule has 1 aromatic carbocycles. The number of sulfone groups is 1. The Morgan fingerprint density at radius 1 is 1.33 bits per heavy atom. The van der Waals surface area contributed by atoms with Gasteiger partial charge in [0.05, 0.1) is 11.5 Å². The van der Waals surface area contributed by atoms with Crippen LogP contribution in [-0.2, 0) is 9.84 Å². The second-order valence-corrected chi connectivity index (χ2v) is 7.34. The summed E-state index contributed by atoms with van der Waals surface area (Å²) in [5.74, 6) is 0.863. The van der Waals surface area contributed by atoms with Crippen LogP contribution in [0.3, 0.4) is 0 Å². The van der Waals surface area contributed by atoms with Gasteiger partial charge in [0.2, 0.25) is 0 Å². The van der Waals surface area contributed by atoms with E-state index in [0.29, 0.717) is 11.5 Å². The van der Waals surface area contributed by atoms with Gasteiger partial charge in [-0.3, -0.25) is 0 Å². The summed E-state index contributed by atoms with van der Waals surface area (Å²) >= 11 is 0. The normalized spacial score (nSPS) is 24.0. The van der Waals surface area contributed by atoms with Crippen molar-refractivity contribution in [3.8, 4) is 0 Å². The Morgan fingerprint density at radius 2 is 2.00 bits per heavy atom. The zero-order chi connectivity index (χ0) is 13.2. The molecule has 1 aliphatic heterocycles. The van der Waals surface area contributed by atoms with E-state index in [1.165, 1.54) is 11.1 Å². The lowest BCUT2D eigenvalue weighted by Gasteiger charge is -2.24. The van der Waals surface area contributed by atoms with Gasteiger partial charge >= 0.3 is 0 Å². The van der Waals surface area contributed by atoms with Crippen molar-refractivity contribution in [2.24, 2.45) is 5.92 Å². The monoisotopic (exact) mass is 267 g/mol. The number of hydrogen-bond donors (Lipinski definition) is 1. The van der Waals surface area contributed by atoms with Crippen LogP contribution in [0.1, 0.15) is 30.5 Å². The van der Waals surface area contributed by atoms with Gasteiger partial charge in [0, 0.05) is 6.04 Å². The lowest BCUT2D eigenvalue weighted by Crippen LogP contribution is -2.29. The van der Waals surface area contributed by atoms with Crippen LogP contribution < -0.4 is 5.32 Å². The molecule has 1 aromatic rings. The second kappa shape index (κ2) is 5.41. The van der Waals surface area contributed by atoms with Crippen LogP contribution >= 0.6 is 0 Å². The van der Waals surface area contributed by atoms with Gasteiger partial charge < -0.3 is 5.32 Å². The van der Waals surface area contributed by atoms with E-state index in [1.807, 2.05) is 0 Å². The van der Waals surface area contributed by atoms with Gasteiger partial charge in [-0.25, -0.2) is 8.42 Å². The zero-order valence-corrected chi connectivity index (χ0v) is 11.8. The summed E-state index contributed by atoms with van der Waals surface area (Å²) < 4.78 is 23.2. The average molecular weight is 267 g/mol. The third-order valence-corrected chi connectivity index (χ3v) is 5.39. The molecule has 1 aliphatic rings. The Bertz CT molecular complexity index is 493. The van der Waals surface area contributed by atoms with E-state index in [-0.39, 0.29) is 12.0 Å². The molecule has 0 aliphatic carbocycles. The molecule has 100 valence electrons. The predicted molar refractivity (Wildman–Crippen MR) is 74.4 cm³/mol. The summed E-state index contributed by atoms with van der Waals surface area (Å²) in [6, 6.07) is 8.54. The van der Waals surface area contributed by atoms with Crippen molar-refractivity contribution in [1.82, 2.24) is 5.32 Å².